The molecule has 1 amide bonds. The number of carboxylic acid groups (broad SMARTS) is 1. The van der Waals surface area contributed by atoms with Gasteiger partial charge in [-0.3, -0.25) is 9.59 Å². The van der Waals surface area contributed by atoms with Crippen LogP contribution in [0.25, 0.3) is 21.7 Å². The second-order valence-electron chi connectivity index (χ2n) is 6.91. The molecule has 0 radical (unpaired) electrons. The van der Waals surface area contributed by atoms with E-state index in [1.54, 1.807) is 0 Å². The zero-order valence-corrected chi connectivity index (χ0v) is 16.4. The zero-order valence-electron chi connectivity index (χ0n) is 15.6. The molecule has 1 heterocycles. The Morgan fingerprint density at radius 3 is 2.10 bits per heavy atom. The molecule has 29 heavy (non-hydrogen) atoms. The fourth-order valence-electron chi connectivity index (χ4n) is 3.53. The number of nitrogens with one attached hydrogen (secondary N) is 1. The number of aliphatic carboxylic acids is 1. The minimum Gasteiger partial charge on any atom is -0.481 e. The Hall–Kier alpha value is -3.25. The van der Waals surface area contributed by atoms with Gasteiger partial charge in [-0.2, -0.15) is 0 Å². The van der Waals surface area contributed by atoms with Gasteiger partial charge in [0.2, 0.25) is 5.91 Å². The normalized spacial score (nSPS) is 18.3. The lowest BCUT2D eigenvalue weighted by Gasteiger charge is -2.23. The quantitative estimate of drug-likeness (QED) is 0.581. The van der Waals surface area contributed by atoms with Crippen molar-refractivity contribution in [2.24, 2.45) is 11.8 Å². The van der Waals surface area contributed by atoms with E-state index in [9.17, 15) is 14.7 Å². The van der Waals surface area contributed by atoms with Crippen LogP contribution < -0.4 is 5.32 Å². The lowest BCUT2D eigenvalue weighted by molar-refractivity contribution is -0.146. The molecule has 1 aliphatic rings. The van der Waals surface area contributed by atoms with Crippen LogP contribution in [-0.2, 0) is 9.59 Å². The Kier molecular flexibility index (Phi) is 5.53. The van der Waals surface area contributed by atoms with Crippen LogP contribution in [0.2, 0.25) is 0 Å². The first kappa shape index (κ1) is 19.1. The fraction of sp³-hybridized carbons (Fsp3) is 0.174. The number of hydrogen-bond acceptors (Lipinski definition) is 4. The number of carboxylic acids is 1. The van der Waals surface area contributed by atoms with Gasteiger partial charge in [0.1, 0.15) is 0 Å². The van der Waals surface area contributed by atoms with E-state index in [0.29, 0.717) is 18.0 Å². The summed E-state index contributed by atoms with van der Waals surface area (Å²) >= 11 is 1.40. The van der Waals surface area contributed by atoms with E-state index in [1.165, 1.54) is 11.3 Å². The highest BCUT2D eigenvalue weighted by Gasteiger charge is 2.34. The van der Waals surface area contributed by atoms with Crippen molar-refractivity contribution in [3.05, 3.63) is 72.8 Å². The molecule has 2 N–H and O–H groups in total. The zero-order chi connectivity index (χ0) is 20.2. The highest BCUT2D eigenvalue weighted by molar-refractivity contribution is 7.19. The molecule has 0 spiro atoms. The summed E-state index contributed by atoms with van der Waals surface area (Å²) in [6, 6.07) is 19.7. The third-order valence-corrected chi connectivity index (χ3v) is 6.05. The molecule has 0 saturated carbocycles. The SMILES string of the molecule is O=C(O)[C@H]1CC=CC[C@H]1C(=O)Nc1nc(-c2ccccc2)c(-c2ccccc2)s1. The van der Waals surface area contributed by atoms with E-state index < -0.39 is 17.8 Å². The van der Waals surface area contributed by atoms with Crippen molar-refractivity contribution in [1.82, 2.24) is 4.98 Å². The molecule has 146 valence electrons. The molecular weight excluding hydrogens is 384 g/mol. The predicted molar refractivity (Wildman–Crippen MR) is 115 cm³/mol. The average molecular weight is 404 g/mol. The number of carbonyl (C=O) groups is 2. The second kappa shape index (κ2) is 8.41. The number of aromatic nitrogens is 1. The fourth-order valence-corrected chi connectivity index (χ4v) is 4.52. The average Bonchev–Trinajstić information content (AvgIpc) is 3.18. The van der Waals surface area contributed by atoms with E-state index in [1.807, 2.05) is 72.8 Å². The molecule has 3 aromatic rings. The molecule has 0 unspecified atom stereocenters. The smallest absolute Gasteiger partial charge is 0.307 e. The first-order valence-electron chi connectivity index (χ1n) is 9.44. The summed E-state index contributed by atoms with van der Waals surface area (Å²) in [4.78, 5) is 30.0. The molecule has 2 atom stereocenters. The lowest BCUT2D eigenvalue weighted by Crippen LogP contribution is -2.34. The number of allylic oxidation sites excluding steroid dienone is 2. The number of rotatable bonds is 5. The Morgan fingerprint density at radius 2 is 1.48 bits per heavy atom. The van der Waals surface area contributed by atoms with Gasteiger partial charge in [0.25, 0.3) is 0 Å². The van der Waals surface area contributed by atoms with Crippen LogP contribution in [0, 0.1) is 11.8 Å². The number of thiazole rings is 1. The van der Waals surface area contributed by atoms with Gasteiger partial charge < -0.3 is 10.4 Å². The molecule has 5 nitrogen and oxygen atoms in total. The van der Waals surface area contributed by atoms with Crippen molar-refractivity contribution >= 4 is 28.3 Å². The summed E-state index contributed by atoms with van der Waals surface area (Å²) in [6.07, 6.45) is 4.49. The molecule has 1 aromatic heterocycles. The van der Waals surface area contributed by atoms with Crippen LogP contribution in [0.15, 0.2) is 72.8 Å². The van der Waals surface area contributed by atoms with Gasteiger partial charge in [-0.1, -0.05) is 84.2 Å². The first-order valence-corrected chi connectivity index (χ1v) is 10.3. The minimum atomic E-state index is -0.941. The van der Waals surface area contributed by atoms with Crippen molar-refractivity contribution in [2.45, 2.75) is 12.8 Å². The third kappa shape index (κ3) is 4.12. The van der Waals surface area contributed by atoms with Crippen LogP contribution in [0.1, 0.15) is 12.8 Å². The molecule has 0 aliphatic heterocycles. The van der Waals surface area contributed by atoms with Crippen LogP contribution >= 0.6 is 11.3 Å². The van der Waals surface area contributed by atoms with E-state index >= 15 is 0 Å². The molecule has 1 aliphatic carbocycles. The van der Waals surface area contributed by atoms with Crippen molar-refractivity contribution in [1.29, 1.82) is 0 Å². The van der Waals surface area contributed by atoms with Crippen molar-refractivity contribution in [2.75, 3.05) is 5.32 Å². The standard InChI is InChI=1S/C23H20N2O3S/c26-21(17-13-7-8-14-18(17)22(27)28)25-23-24-19(15-9-3-1-4-10-15)20(29-23)16-11-5-2-6-12-16/h1-12,17-18H,13-14H2,(H,27,28)(H,24,25,26)/t17-,18+/m1/s1. The Labute approximate surface area is 172 Å². The Balaban J connectivity index is 1.66. The number of nitrogens with zero attached hydrogens (tertiary/aromatic N) is 1. The third-order valence-electron chi connectivity index (χ3n) is 5.03. The Morgan fingerprint density at radius 1 is 0.897 bits per heavy atom. The van der Waals surface area contributed by atoms with E-state index in [0.717, 1.165) is 21.7 Å². The molecule has 6 heteroatoms. The maximum absolute atomic E-state index is 12.8. The number of benzene rings is 2. The van der Waals surface area contributed by atoms with E-state index in [4.69, 9.17) is 0 Å². The number of amides is 1. The largest absolute Gasteiger partial charge is 0.481 e. The summed E-state index contributed by atoms with van der Waals surface area (Å²) < 4.78 is 0. The monoisotopic (exact) mass is 404 g/mol. The maximum atomic E-state index is 12.8. The number of anilines is 1. The van der Waals surface area contributed by atoms with Gasteiger partial charge in [0.15, 0.2) is 5.13 Å². The van der Waals surface area contributed by atoms with Crippen molar-refractivity contribution < 1.29 is 14.7 Å². The summed E-state index contributed by atoms with van der Waals surface area (Å²) in [7, 11) is 0. The van der Waals surface area contributed by atoms with Crippen LogP contribution in [-0.4, -0.2) is 22.0 Å². The van der Waals surface area contributed by atoms with Crippen LogP contribution in [0.5, 0.6) is 0 Å². The second-order valence-corrected chi connectivity index (χ2v) is 7.91. The molecule has 0 saturated heterocycles. The van der Waals surface area contributed by atoms with Gasteiger partial charge in [-0.25, -0.2) is 4.98 Å². The van der Waals surface area contributed by atoms with E-state index in [2.05, 4.69) is 10.3 Å². The molecular formula is C23H20N2O3S. The van der Waals surface area contributed by atoms with Gasteiger partial charge >= 0.3 is 5.97 Å². The van der Waals surface area contributed by atoms with Gasteiger partial charge in [-0.05, 0) is 18.4 Å². The molecule has 0 bridgehead atoms. The molecule has 4 rings (SSSR count). The minimum absolute atomic E-state index is 0.297. The van der Waals surface area contributed by atoms with Gasteiger partial charge in [-0.15, -0.1) is 0 Å². The summed E-state index contributed by atoms with van der Waals surface area (Å²) in [6.45, 7) is 0. The van der Waals surface area contributed by atoms with Gasteiger partial charge in [0, 0.05) is 5.56 Å². The number of carbonyl (C=O) groups excluding carboxylic acids is 1. The summed E-state index contributed by atoms with van der Waals surface area (Å²) in [5.74, 6) is -2.54. The first-order chi connectivity index (χ1) is 14.1. The van der Waals surface area contributed by atoms with E-state index in [-0.39, 0.29) is 5.91 Å². The van der Waals surface area contributed by atoms with Crippen LogP contribution in [0.4, 0.5) is 5.13 Å². The summed E-state index contributed by atoms with van der Waals surface area (Å²) in [5, 5.41) is 12.8. The highest BCUT2D eigenvalue weighted by Crippen LogP contribution is 2.39. The number of hydrogen-bond donors (Lipinski definition) is 2. The molecule has 0 fully saturated rings. The van der Waals surface area contributed by atoms with Gasteiger partial charge in [0.05, 0.1) is 22.4 Å². The maximum Gasteiger partial charge on any atom is 0.307 e. The van der Waals surface area contributed by atoms with Crippen molar-refractivity contribution in [3.8, 4) is 21.7 Å². The topological polar surface area (TPSA) is 79.3 Å². The van der Waals surface area contributed by atoms with Crippen LogP contribution in [0.3, 0.4) is 0 Å². The van der Waals surface area contributed by atoms with Crippen molar-refractivity contribution in [3.63, 3.8) is 0 Å². The lowest BCUT2D eigenvalue weighted by atomic mass is 9.82. The predicted octanol–water partition coefficient (Wildman–Crippen LogP) is 5.08. The molecule has 2 aromatic carbocycles. The Bertz CT molecular complexity index is 987. The summed E-state index contributed by atoms with van der Waals surface area (Å²) in [5.41, 5.74) is 2.79. The highest BCUT2D eigenvalue weighted by atomic mass is 32.1.